The van der Waals surface area contributed by atoms with Crippen LogP contribution in [0.4, 0.5) is 5.69 Å². The van der Waals surface area contributed by atoms with Crippen molar-refractivity contribution in [1.29, 1.82) is 0 Å². The summed E-state index contributed by atoms with van der Waals surface area (Å²) < 4.78 is 7.16. The van der Waals surface area contributed by atoms with Crippen molar-refractivity contribution in [2.75, 3.05) is 4.90 Å². The standard InChI is InChI=1S/C28H21BrN2O4S2/c1-15-7-5-6-8-16(15)14-35-20-12-11-17(29)13-19(20)21-22-24(36-25-23(21)37-28(34)30-25)27(33)31(26(22)32)18-9-3-2-4-10-18/h2-13,21-22,24H,14H2,1H3,(H,30,34). The van der Waals surface area contributed by atoms with Gasteiger partial charge in [-0.15, -0.1) is 0 Å². The molecule has 0 bridgehead atoms. The van der Waals surface area contributed by atoms with Gasteiger partial charge in [0.1, 0.15) is 17.6 Å². The Kier molecular flexibility index (Phi) is 6.30. The number of amides is 2. The van der Waals surface area contributed by atoms with E-state index in [0.29, 0.717) is 23.1 Å². The fraction of sp³-hybridized carbons (Fsp3) is 0.179. The van der Waals surface area contributed by atoms with E-state index in [-0.39, 0.29) is 16.7 Å². The predicted molar refractivity (Wildman–Crippen MR) is 149 cm³/mol. The summed E-state index contributed by atoms with van der Waals surface area (Å²) in [5.74, 6) is -1.11. The fourth-order valence-corrected chi connectivity index (χ4v) is 7.89. The van der Waals surface area contributed by atoms with Crippen molar-refractivity contribution in [2.24, 2.45) is 5.92 Å². The minimum Gasteiger partial charge on any atom is -0.489 e. The van der Waals surface area contributed by atoms with Crippen molar-refractivity contribution in [2.45, 2.75) is 29.7 Å². The van der Waals surface area contributed by atoms with E-state index >= 15 is 0 Å². The Balaban J connectivity index is 1.46. The van der Waals surface area contributed by atoms with E-state index in [4.69, 9.17) is 4.74 Å². The molecule has 1 fully saturated rings. The van der Waals surface area contributed by atoms with Crippen molar-refractivity contribution in [1.82, 2.24) is 4.98 Å². The molecule has 3 atom stereocenters. The summed E-state index contributed by atoms with van der Waals surface area (Å²) in [4.78, 5) is 44.7. The minimum atomic E-state index is -0.674. The molecule has 0 aliphatic carbocycles. The molecule has 37 heavy (non-hydrogen) atoms. The number of aromatic nitrogens is 1. The third-order valence-corrected chi connectivity index (χ3v) is 9.68. The van der Waals surface area contributed by atoms with E-state index < -0.39 is 17.1 Å². The lowest BCUT2D eigenvalue weighted by Crippen LogP contribution is -2.32. The Morgan fingerprint density at radius 2 is 1.73 bits per heavy atom. The fourth-order valence-electron chi connectivity index (χ4n) is 5.01. The van der Waals surface area contributed by atoms with Crippen LogP contribution in [-0.4, -0.2) is 22.0 Å². The first-order chi connectivity index (χ1) is 17.9. The van der Waals surface area contributed by atoms with Gasteiger partial charge in [0.2, 0.25) is 11.8 Å². The summed E-state index contributed by atoms with van der Waals surface area (Å²) >= 11 is 5.93. The minimum absolute atomic E-state index is 0.209. The first-order valence-electron chi connectivity index (χ1n) is 11.7. The second kappa shape index (κ2) is 9.63. The molecule has 2 amide bonds. The van der Waals surface area contributed by atoms with Crippen LogP contribution >= 0.6 is 39.0 Å². The van der Waals surface area contributed by atoms with Gasteiger partial charge in [-0.25, -0.2) is 4.90 Å². The normalized spacial score (nSPS) is 20.6. The lowest BCUT2D eigenvalue weighted by molar-refractivity contribution is -0.122. The lowest BCUT2D eigenvalue weighted by atomic mass is 9.82. The highest BCUT2D eigenvalue weighted by Gasteiger charge is 2.56. The molecule has 1 N–H and O–H groups in total. The molecule has 3 heterocycles. The summed E-state index contributed by atoms with van der Waals surface area (Å²) in [6.45, 7) is 2.39. The van der Waals surface area contributed by atoms with Crippen LogP contribution in [0.2, 0.25) is 0 Å². The number of hydrogen-bond acceptors (Lipinski definition) is 6. The average Bonchev–Trinajstić information content (AvgIpc) is 3.39. The van der Waals surface area contributed by atoms with E-state index in [1.165, 1.54) is 16.7 Å². The molecule has 2 aliphatic rings. The molecule has 6 rings (SSSR count). The van der Waals surface area contributed by atoms with E-state index in [2.05, 4.69) is 20.9 Å². The Hall–Kier alpha value is -3.14. The number of benzene rings is 3. The second-order valence-corrected chi connectivity index (χ2v) is 12.1. The molecular weight excluding hydrogens is 572 g/mol. The van der Waals surface area contributed by atoms with E-state index in [9.17, 15) is 14.4 Å². The number of anilines is 1. The molecule has 0 radical (unpaired) electrons. The lowest BCUT2D eigenvalue weighted by Gasteiger charge is -2.31. The second-order valence-electron chi connectivity index (χ2n) is 8.99. The number of halogens is 1. The molecular formula is C28H21BrN2O4S2. The number of thiazole rings is 1. The molecule has 9 heteroatoms. The van der Waals surface area contributed by atoms with Crippen LogP contribution in [0, 0.1) is 12.8 Å². The molecule has 0 spiro atoms. The molecule has 6 nitrogen and oxygen atoms in total. The first kappa shape index (κ1) is 24.2. The predicted octanol–water partition coefficient (Wildman–Crippen LogP) is 5.88. The smallest absolute Gasteiger partial charge is 0.305 e. The van der Waals surface area contributed by atoms with Gasteiger partial charge < -0.3 is 9.72 Å². The number of thioether (sulfide) groups is 1. The molecule has 1 saturated heterocycles. The number of rotatable bonds is 5. The summed E-state index contributed by atoms with van der Waals surface area (Å²) in [6, 6.07) is 22.7. The number of para-hydroxylation sites is 1. The Labute approximate surface area is 229 Å². The van der Waals surface area contributed by atoms with Crippen LogP contribution in [-0.2, 0) is 16.2 Å². The Morgan fingerprint density at radius 1 is 0.973 bits per heavy atom. The highest BCUT2D eigenvalue weighted by atomic mass is 79.9. The maximum Gasteiger partial charge on any atom is 0.305 e. The maximum absolute atomic E-state index is 13.9. The molecule has 186 valence electrons. The molecule has 4 aromatic rings. The van der Waals surface area contributed by atoms with Crippen LogP contribution in [0.1, 0.15) is 27.5 Å². The van der Waals surface area contributed by atoms with Crippen molar-refractivity contribution < 1.29 is 14.3 Å². The molecule has 3 aromatic carbocycles. The van der Waals surface area contributed by atoms with Gasteiger partial charge in [-0.05, 0) is 48.4 Å². The number of fused-ring (bicyclic) bond motifs is 2. The van der Waals surface area contributed by atoms with Crippen LogP contribution in [0.25, 0.3) is 0 Å². The summed E-state index contributed by atoms with van der Waals surface area (Å²) in [5, 5.41) is -0.0132. The highest BCUT2D eigenvalue weighted by Crippen LogP contribution is 2.54. The Morgan fingerprint density at radius 3 is 2.51 bits per heavy atom. The maximum atomic E-state index is 13.9. The average molecular weight is 594 g/mol. The third kappa shape index (κ3) is 4.24. The van der Waals surface area contributed by atoms with Gasteiger partial charge in [0.25, 0.3) is 0 Å². The van der Waals surface area contributed by atoms with Crippen LogP contribution in [0.15, 0.2) is 87.1 Å². The number of hydrogen-bond donors (Lipinski definition) is 1. The van der Waals surface area contributed by atoms with Gasteiger partial charge in [0, 0.05) is 20.8 Å². The third-order valence-electron chi connectivity index (χ3n) is 6.79. The molecule has 0 saturated carbocycles. The first-order valence-corrected chi connectivity index (χ1v) is 14.2. The number of nitrogens with zero attached hydrogens (tertiary/aromatic N) is 1. The summed E-state index contributed by atoms with van der Waals surface area (Å²) in [7, 11) is 0. The van der Waals surface area contributed by atoms with Crippen molar-refractivity contribution in [3.05, 3.63) is 109 Å². The van der Waals surface area contributed by atoms with Gasteiger partial charge in [0.15, 0.2) is 0 Å². The van der Waals surface area contributed by atoms with Gasteiger partial charge in [-0.2, -0.15) is 0 Å². The van der Waals surface area contributed by atoms with Crippen LogP contribution < -0.4 is 14.5 Å². The molecule has 3 unspecified atom stereocenters. The molecule has 1 aromatic heterocycles. The number of H-pyrrole nitrogens is 1. The SMILES string of the molecule is Cc1ccccc1COc1ccc(Br)cc1C1c2sc(=O)[nH]c2SC2C(=O)N(c3ccccc3)C(=O)C21. The monoisotopic (exact) mass is 592 g/mol. The van der Waals surface area contributed by atoms with Gasteiger partial charge in [0.05, 0.1) is 16.6 Å². The van der Waals surface area contributed by atoms with E-state index in [1.807, 2.05) is 67.6 Å². The van der Waals surface area contributed by atoms with Crippen molar-refractivity contribution in [3.63, 3.8) is 0 Å². The number of carbonyl (C=O) groups excluding carboxylic acids is 2. The van der Waals surface area contributed by atoms with E-state index in [0.717, 1.165) is 37.4 Å². The number of nitrogens with one attached hydrogen (secondary N) is 1. The zero-order chi connectivity index (χ0) is 25.7. The number of imide groups is 1. The number of carbonyl (C=O) groups is 2. The summed E-state index contributed by atoms with van der Waals surface area (Å²) in [5.41, 5.74) is 3.50. The van der Waals surface area contributed by atoms with Crippen LogP contribution in [0.3, 0.4) is 0 Å². The van der Waals surface area contributed by atoms with Crippen molar-refractivity contribution in [3.8, 4) is 5.75 Å². The zero-order valence-electron chi connectivity index (χ0n) is 19.6. The zero-order valence-corrected chi connectivity index (χ0v) is 22.9. The summed E-state index contributed by atoms with van der Waals surface area (Å²) in [6.07, 6.45) is 0. The van der Waals surface area contributed by atoms with Crippen molar-refractivity contribution >= 4 is 56.5 Å². The Bertz CT molecular complexity index is 1580. The van der Waals surface area contributed by atoms with Crippen LogP contribution in [0.5, 0.6) is 5.75 Å². The van der Waals surface area contributed by atoms with Gasteiger partial charge in [-0.1, -0.05) is 81.5 Å². The number of aryl methyl sites for hydroxylation is 1. The van der Waals surface area contributed by atoms with Gasteiger partial charge in [-0.3, -0.25) is 14.4 Å². The molecule has 2 aliphatic heterocycles. The van der Waals surface area contributed by atoms with Gasteiger partial charge >= 0.3 is 4.87 Å². The highest BCUT2D eigenvalue weighted by molar-refractivity contribution is 9.10. The quantitative estimate of drug-likeness (QED) is 0.293. The topological polar surface area (TPSA) is 79.5 Å². The number of aromatic amines is 1. The largest absolute Gasteiger partial charge is 0.489 e. The number of ether oxygens (including phenoxy) is 1. The van der Waals surface area contributed by atoms with E-state index in [1.54, 1.807) is 12.1 Å².